The van der Waals surface area contributed by atoms with Crippen LogP contribution in [0, 0.1) is 0 Å². The number of ether oxygens (including phenoxy) is 1. The van der Waals surface area contributed by atoms with Gasteiger partial charge in [-0.15, -0.1) is 0 Å². The van der Waals surface area contributed by atoms with E-state index in [0.29, 0.717) is 38.5 Å². The van der Waals surface area contributed by atoms with Crippen molar-refractivity contribution in [3.8, 4) is 0 Å². The van der Waals surface area contributed by atoms with E-state index in [2.05, 4.69) is 291 Å². The molecule has 12 aromatic rings. The number of benzene rings is 6. The summed E-state index contributed by atoms with van der Waals surface area (Å²) in [6.07, 6.45) is 3.83. The predicted octanol–water partition coefficient (Wildman–Crippen LogP) is 15.0. The highest BCUT2D eigenvalue weighted by molar-refractivity contribution is 5.48. The van der Waals surface area contributed by atoms with Crippen LogP contribution in [-0.4, -0.2) is 43.1 Å². The first-order valence-corrected chi connectivity index (χ1v) is 28.6. The van der Waals surface area contributed by atoms with Gasteiger partial charge >= 0.3 is 0 Å². The minimum atomic E-state index is -1.16. The monoisotopic (exact) mass is 1080 g/mol. The van der Waals surface area contributed by atoms with E-state index in [1.807, 2.05) is 0 Å². The van der Waals surface area contributed by atoms with Gasteiger partial charge in [-0.1, -0.05) is 218 Å². The summed E-state index contributed by atoms with van der Waals surface area (Å²) >= 11 is 0. The molecule has 0 aliphatic carbocycles. The lowest BCUT2D eigenvalue weighted by Crippen LogP contribution is -2.43. The van der Waals surface area contributed by atoms with Crippen LogP contribution in [0.4, 0.5) is 0 Å². The molecule has 0 amide bonds. The first-order valence-electron chi connectivity index (χ1n) is 28.6. The Bertz CT molecular complexity index is 3340. The molecule has 0 aliphatic heterocycles. The Kier molecular flexibility index (Phi) is 16.7. The normalized spacial score (nSPS) is 11.6. The van der Waals surface area contributed by atoms with Gasteiger partial charge < -0.3 is 4.74 Å². The van der Waals surface area contributed by atoms with Gasteiger partial charge in [0.1, 0.15) is 10.8 Å². The fraction of sp³-hybridized carbons (Fsp3) is 0.132. The van der Waals surface area contributed by atoms with Gasteiger partial charge in [-0.05, 0) is 106 Å². The van der Waals surface area contributed by atoms with Crippen molar-refractivity contribution < 1.29 is 4.74 Å². The largest absolute Gasteiger partial charge is 0.378 e. The topological polar surface area (TPSA) is 86.6 Å². The summed E-state index contributed by atoms with van der Waals surface area (Å²) in [4.78, 5) is 34.0. The van der Waals surface area contributed by atoms with Crippen molar-refractivity contribution in [3.05, 3.63) is 393 Å². The lowest BCUT2D eigenvalue weighted by Gasteiger charge is -2.37. The third kappa shape index (κ3) is 12.9. The molecule has 0 N–H and O–H groups in total. The highest BCUT2D eigenvalue weighted by atomic mass is 16.5. The van der Waals surface area contributed by atoms with Crippen LogP contribution in [-0.2, 0) is 54.1 Å². The van der Waals surface area contributed by atoms with Gasteiger partial charge in [0.05, 0.1) is 47.4 Å². The van der Waals surface area contributed by atoms with E-state index in [0.717, 1.165) is 68.3 Å². The lowest BCUT2D eigenvalue weighted by atomic mass is 9.75. The summed E-state index contributed by atoms with van der Waals surface area (Å²) in [5.41, 5.74) is 14.9. The van der Waals surface area contributed by atoms with Crippen molar-refractivity contribution in [2.45, 2.75) is 49.4 Å². The molecule has 83 heavy (non-hydrogen) atoms. The number of rotatable bonds is 22. The second kappa shape index (κ2) is 25.7. The molecule has 6 heterocycles. The standard InChI is InChI=1S/C76H64N6O/c1-7-25-57(26-8-1)49-63-37-19-43-69(77-63)75(70-44-20-38-64(78-70)50-58-27-9-2-10-28-58,71-45-21-39-65(79-71)51-59-29-11-3-12-30-59)55-83-56-76(72-46-22-40-66(80-72)52-60-31-13-4-14-32-60,73-47-23-41-67(81-73)53-61-33-15-5-16-34-61)74-48-24-42-68(82-74)54-62-35-17-6-18-36-62/h1-48H,49-56H2. The molecular formula is C76H64N6O. The van der Waals surface area contributed by atoms with E-state index >= 15 is 0 Å². The van der Waals surface area contributed by atoms with Crippen molar-refractivity contribution in [2.24, 2.45) is 0 Å². The van der Waals surface area contributed by atoms with E-state index in [1.54, 1.807) is 0 Å². The SMILES string of the molecule is c1ccc(Cc2cccc(C(COCC(c3cccc(Cc4ccccc4)n3)(c3cccc(Cc4ccccc4)n3)c3cccc(Cc4ccccc4)n3)(c3cccc(Cc4ccccc4)n3)c3cccc(Cc4ccccc4)n3)n2)cc1. The minimum absolute atomic E-state index is 0.0945. The Balaban J connectivity index is 1.07. The molecular weight excluding hydrogens is 1010 g/mol. The molecule has 0 unspecified atom stereocenters. The minimum Gasteiger partial charge on any atom is -0.378 e. The van der Waals surface area contributed by atoms with E-state index in [-0.39, 0.29) is 13.2 Å². The molecule has 0 saturated heterocycles. The molecule has 7 nitrogen and oxygen atoms in total. The molecule has 404 valence electrons. The van der Waals surface area contributed by atoms with Crippen LogP contribution in [0.3, 0.4) is 0 Å². The summed E-state index contributed by atoms with van der Waals surface area (Å²) in [6, 6.07) is 101. The van der Waals surface area contributed by atoms with Gasteiger partial charge in [0.2, 0.25) is 0 Å². The maximum absolute atomic E-state index is 7.80. The maximum Gasteiger partial charge on any atom is 0.120 e. The van der Waals surface area contributed by atoms with Crippen molar-refractivity contribution >= 4 is 0 Å². The summed E-state index contributed by atoms with van der Waals surface area (Å²) in [6.45, 7) is 0.189. The average Bonchev–Trinajstić information content (AvgIpc) is 2.03. The van der Waals surface area contributed by atoms with E-state index in [9.17, 15) is 0 Å². The summed E-state index contributed by atoms with van der Waals surface area (Å²) in [5.74, 6) is 0. The lowest BCUT2D eigenvalue weighted by molar-refractivity contribution is 0.0783. The Morgan fingerprint density at radius 1 is 0.193 bits per heavy atom. The third-order valence-electron chi connectivity index (χ3n) is 15.5. The number of hydrogen-bond acceptors (Lipinski definition) is 7. The second-order valence-corrected chi connectivity index (χ2v) is 21.4. The third-order valence-corrected chi connectivity index (χ3v) is 15.5. The van der Waals surface area contributed by atoms with Crippen molar-refractivity contribution in [3.63, 3.8) is 0 Å². The number of aromatic nitrogens is 6. The van der Waals surface area contributed by atoms with Crippen LogP contribution < -0.4 is 0 Å². The highest BCUT2D eigenvalue weighted by Gasteiger charge is 2.46. The number of pyridine rings is 6. The van der Waals surface area contributed by atoms with Crippen molar-refractivity contribution in [2.75, 3.05) is 13.2 Å². The summed E-state index contributed by atoms with van der Waals surface area (Å²) in [5, 5.41) is 0. The van der Waals surface area contributed by atoms with Gasteiger partial charge in [-0.2, -0.15) is 0 Å². The smallest absolute Gasteiger partial charge is 0.120 e. The van der Waals surface area contributed by atoms with Gasteiger partial charge in [0.15, 0.2) is 0 Å². The molecule has 6 aromatic heterocycles. The fourth-order valence-corrected chi connectivity index (χ4v) is 11.3. The molecule has 0 bridgehead atoms. The van der Waals surface area contributed by atoms with E-state index in [1.165, 1.54) is 33.4 Å². The van der Waals surface area contributed by atoms with Crippen LogP contribution in [0.25, 0.3) is 0 Å². The Hall–Kier alpha value is -9.82. The Morgan fingerprint density at radius 3 is 0.530 bits per heavy atom. The highest BCUT2D eigenvalue weighted by Crippen LogP contribution is 2.42. The van der Waals surface area contributed by atoms with Crippen LogP contribution in [0.5, 0.6) is 0 Å². The number of nitrogens with zero attached hydrogens (tertiary/aromatic N) is 6. The zero-order valence-corrected chi connectivity index (χ0v) is 46.5. The molecule has 0 radical (unpaired) electrons. The summed E-state index contributed by atoms with van der Waals surface area (Å²) < 4.78 is 7.80. The first-order chi connectivity index (χ1) is 41.0. The Morgan fingerprint density at radius 2 is 0.361 bits per heavy atom. The van der Waals surface area contributed by atoms with Gasteiger partial charge in [0.25, 0.3) is 0 Å². The van der Waals surface area contributed by atoms with E-state index in [4.69, 9.17) is 34.6 Å². The average molecular weight is 1080 g/mol. The van der Waals surface area contributed by atoms with Gasteiger partial charge in [0, 0.05) is 72.7 Å². The Labute approximate surface area is 487 Å². The summed E-state index contributed by atoms with van der Waals surface area (Å²) in [7, 11) is 0. The molecule has 0 aliphatic rings. The van der Waals surface area contributed by atoms with Crippen LogP contribution in [0.15, 0.2) is 291 Å². The first kappa shape index (κ1) is 53.8. The quantitative estimate of drug-likeness (QED) is 0.0668. The molecule has 0 fully saturated rings. The number of hydrogen-bond donors (Lipinski definition) is 0. The van der Waals surface area contributed by atoms with Crippen LogP contribution >= 0.6 is 0 Å². The maximum atomic E-state index is 7.80. The molecule has 12 rings (SSSR count). The van der Waals surface area contributed by atoms with Crippen molar-refractivity contribution in [1.29, 1.82) is 0 Å². The molecule has 0 atom stereocenters. The molecule has 7 heteroatoms. The zero-order valence-electron chi connectivity index (χ0n) is 46.5. The van der Waals surface area contributed by atoms with Crippen molar-refractivity contribution in [1.82, 2.24) is 29.9 Å². The zero-order chi connectivity index (χ0) is 55.9. The molecule has 0 spiro atoms. The fourth-order valence-electron chi connectivity index (χ4n) is 11.3. The molecule has 0 saturated carbocycles. The molecule has 6 aromatic carbocycles. The predicted molar refractivity (Wildman–Crippen MR) is 331 cm³/mol. The van der Waals surface area contributed by atoms with E-state index < -0.39 is 10.8 Å². The second-order valence-electron chi connectivity index (χ2n) is 21.4. The van der Waals surface area contributed by atoms with Gasteiger partial charge in [-0.3, -0.25) is 29.9 Å². The van der Waals surface area contributed by atoms with Gasteiger partial charge in [-0.25, -0.2) is 0 Å². The van der Waals surface area contributed by atoms with Crippen LogP contribution in [0.1, 0.15) is 102 Å². The van der Waals surface area contributed by atoms with Crippen LogP contribution in [0.2, 0.25) is 0 Å².